The van der Waals surface area contributed by atoms with Gasteiger partial charge in [0.15, 0.2) is 5.78 Å². The van der Waals surface area contributed by atoms with Crippen molar-refractivity contribution in [1.82, 2.24) is 0 Å². The second kappa shape index (κ2) is 10.9. The summed E-state index contributed by atoms with van der Waals surface area (Å²) in [7, 11) is 0. The first-order valence-electron chi connectivity index (χ1n) is 12.3. The summed E-state index contributed by atoms with van der Waals surface area (Å²) in [6.45, 7) is 3.13. The number of rotatable bonds is 6. The lowest BCUT2D eigenvalue weighted by molar-refractivity contribution is -0.151. The highest BCUT2D eigenvalue weighted by atomic mass is 19.4. The van der Waals surface area contributed by atoms with E-state index in [1.807, 2.05) is 0 Å². The Morgan fingerprint density at radius 3 is 2.33 bits per heavy atom. The molecule has 206 valence electrons. The van der Waals surface area contributed by atoms with Crippen molar-refractivity contribution in [1.29, 1.82) is 0 Å². The molecule has 1 aliphatic heterocycles. The Kier molecular flexibility index (Phi) is 7.80. The molecule has 0 radical (unpaired) electrons. The minimum atomic E-state index is -4.67. The highest BCUT2D eigenvalue weighted by Gasteiger charge is 2.47. The number of ketones is 1. The minimum absolute atomic E-state index is 0.0134. The number of benzene rings is 2. The first kappa shape index (κ1) is 27.9. The maximum Gasteiger partial charge on any atom is 0.416 e. The molecule has 0 aromatic heterocycles. The predicted octanol–water partition coefficient (Wildman–Crippen LogP) is 4.98. The molecule has 0 spiro atoms. The fourth-order valence-corrected chi connectivity index (χ4v) is 4.98. The topological polar surface area (TPSA) is 98.9 Å². The van der Waals surface area contributed by atoms with Crippen molar-refractivity contribution >= 4 is 23.4 Å². The van der Waals surface area contributed by atoms with Crippen molar-refractivity contribution in [2.24, 2.45) is 11.7 Å². The second-order valence-corrected chi connectivity index (χ2v) is 8.96. The average molecular weight is 547 g/mol. The van der Waals surface area contributed by atoms with Gasteiger partial charge in [0, 0.05) is 17.0 Å². The van der Waals surface area contributed by atoms with E-state index in [1.165, 1.54) is 29.2 Å². The molecule has 0 bridgehead atoms. The van der Waals surface area contributed by atoms with Gasteiger partial charge in [0.1, 0.15) is 17.6 Å². The monoisotopic (exact) mass is 546 g/mol. The van der Waals surface area contributed by atoms with Crippen molar-refractivity contribution in [2.75, 3.05) is 18.1 Å². The summed E-state index contributed by atoms with van der Waals surface area (Å²) < 4.78 is 64.9. The number of hydrogen-bond donors (Lipinski definition) is 1. The van der Waals surface area contributed by atoms with E-state index in [0.29, 0.717) is 5.56 Å². The number of ether oxygens (including phenoxy) is 2. The zero-order chi connectivity index (χ0) is 28.5. The molecule has 2 N–H and O–H groups in total. The number of nitrogens with zero attached hydrogens (tertiary/aromatic N) is 1. The van der Waals surface area contributed by atoms with Crippen LogP contribution in [0, 0.1) is 11.7 Å². The van der Waals surface area contributed by atoms with Crippen LogP contribution in [0.1, 0.15) is 43.7 Å². The van der Waals surface area contributed by atoms with Gasteiger partial charge in [-0.05, 0) is 62.6 Å². The number of carbonyl (C=O) groups excluding carboxylic acids is 3. The molecule has 0 unspecified atom stereocenters. The van der Waals surface area contributed by atoms with Crippen LogP contribution in [0.15, 0.2) is 71.2 Å². The summed E-state index contributed by atoms with van der Waals surface area (Å²) in [5, 5.41) is 0. The quantitative estimate of drug-likeness (QED) is 0.310. The van der Waals surface area contributed by atoms with Crippen molar-refractivity contribution < 1.29 is 41.4 Å². The van der Waals surface area contributed by atoms with E-state index in [0.717, 1.165) is 24.3 Å². The first-order chi connectivity index (χ1) is 18.5. The van der Waals surface area contributed by atoms with Gasteiger partial charge in [-0.1, -0.05) is 18.2 Å². The van der Waals surface area contributed by atoms with E-state index >= 15 is 0 Å². The third kappa shape index (κ3) is 5.25. The van der Waals surface area contributed by atoms with Crippen LogP contribution in [-0.2, 0) is 30.0 Å². The molecular weight excluding hydrogens is 520 g/mol. The van der Waals surface area contributed by atoms with Gasteiger partial charge >= 0.3 is 18.1 Å². The van der Waals surface area contributed by atoms with Crippen LogP contribution in [0.3, 0.4) is 0 Å². The zero-order valence-corrected chi connectivity index (χ0v) is 21.2. The Morgan fingerprint density at radius 2 is 1.72 bits per heavy atom. The Hall–Kier alpha value is -4.15. The molecule has 11 heteroatoms. The lowest BCUT2D eigenvalue weighted by Gasteiger charge is -2.41. The molecule has 2 aromatic carbocycles. The summed E-state index contributed by atoms with van der Waals surface area (Å²) in [6, 6.07) is 9.34. The van der Waals surface area contributed by atoms with Crippen LogP contribution >= 0.6 is 0 Å². The van der Waals surface area contributed by atoms with Crippen LogP contribution in [0.4, 0.5) is 23.2 Å². The number of nitrogens with two attached hydrogens (primary N) is 1. The third-order valence-electron chi connectivity index (χ3n) is 6.63. The summed E-state index contributed by atoms with van der Waals surface area (Å²) in [5.41, 5.74) is 5.85. The van der Waals surface area contributed by atoms with Gasteiger partial charge in [0.25, 0.3) is 0 Å². The predicted molar refractivity (Wildman–Crippen MR) is 132 cm³/mol. The highest BCUT2D eigenvalue weighted by molar-refractivity contribution is 6.13. The van der Waals surface area contributed by atoms with E-state index in [1.54, 1.807) is 13.8 Å². The van der Waals surface area contributed by atoms with Crippen LogP contribution in [0.2, 0.25) is 0 Å². The molecule has 4 rings (SSSR count). The Labute approximate surface area is 221 Å². The maximum absolute atomic E-state index is 13.9. The molecule has 0 amide bonds. The van der Waals surface area contributed by atoms with E-state index in [-0.39, 0.29) is 54.4 Å². The molecule has 0 fully saturated rings. The van der Waals surface area contributed by atoms with Gasteiger partial charge in [-0.3, -0.25) is 14.5 Å². The van der Waals surface area contributed by atoms with E-state index in [2.05, 4.69) is 0 Å². The lowest BCUT2D eigenvalue weighted by atomic mass is 9.72. The van der Waals surface area contributed by atoms with Gasteiger partial charge in [-0.2, -0.15) is 13.2 Å². The van der Waals surface area contributed by atoms with E-state index in [4.69, 9.17) is 15.2 Å². The lowest BCUT2D eigenvalue weighted by Crippen LogP contribution is -2.44. The summed E-state index contributed by atoms with van der Waals surface area (Å²) >= 11 is 0. The second-order valence-electron chi connectivity index (χ2n) is 8.96. The molecule has 1 heterocycles. The van der Waals surface area contributed by atoms with Gasteiger partial charge in [0.2, 0.25) is 0 Å². The van der Waals surface area contributed by atoms with Crippen LogP contribution in [-0.4, -0.2) is 30.9 Å². The van der Waals surface area contributed by atoms with Gasteiger partial charge < -0.3 is 15.2 Å². The van der Waals surface area contributed by atoms with Gasteiger partial charge in [-0.15, -0.1) is 0 Å². The normalized spacial score (nSPS) is 19.6. The van der Waals surface area contributed by atoms with Crippen molar-refractivity contribution in [3.05, 3.63) is 88.1 Å². The third-order valence-corrected chi connectivity index (χ3v) is 6.63. The Morgan fingerprint density at radius 1 is 1.05 bits per heavy atom. The molecule has 39 heavy (non-hydrogen) atoms. The summed E-state index contributed by atoms with van der Waals surface area (Å²) in [4.78, 5) is 41.1. The Balaban J connectivity index is 2.00. The number of Topliss-reactive ketones (excluding diaryl/α,β-unsaturated/α-hetero) is 1. The van der Waals surface area contributed by atoms with Gasteiger partial charge in [-0.25, -0.2) is 9.18 Å². The molecule has 0 saturated heterocycles. The molecule has 2 atom stereocenters. The Bertz CT molecular complexity index is 1360. The number of hydrogen-bond acceptors (Lipinski definition) is 7. The van der Waals surface area contributed by atoms with Crippen LogP contribution in [0.5, 0.6) is 0 Å². The fourth-order valence-electron chi connectivity index (χ4n) is 4.98. The molecular formula is C28H26F4N2O5. The molecule has 0 saturated carbocycles. The number of esters is 2. The summed E-state index contributed by atoms with van der Waals surface area (Å²) in [6.07, 6.45) is -4.58. The van der Waals surface area contributed by atoms with Crippen LogP contribution in [0.25, 0.3) is 0 Å². The number of carbonyl (C=O) groups is 3. The SMILES string of the molecule is CCOC(=O)C1=C(N)N(c2cccc(C(F)(F)F)c2)C2=C(C(=O)[C@H](C(=O)OCC)CC2)[C@H]1c1ccc(F)cc1. The van der Waals surface area contributed by atoms with Crippen molar-refractivity contribution in [3.63, 3.8) is 0 Å². The molecule has 7 nitrogen and oxygen atoms in total. The standard InChI is InChI=1S/C28H26F4N2O5/c1-3-38-26(36)19-12-13-20-22(24(19)35)21(15-8-10-17(29)11-9-15)23(27(37)39-4-2)25(33)34(20)18-7-5-6-16(14-18)28(30,31)32/h5-11,14,19,21H,3-4,12-13,33H2,1-2H3/t19-,21-/m1/s1. The average Bonchev–Trinajstić information content (AvgIpc) is 2.88. The molecule has 1 aliphatic carbocycles. The molecule has 2 aromatic rings. The molecule has 2 aliphatic rings. The number of alkyl halides is 3. The van der Waals surface area contributed by atoms with Gasteiger partial charge in [0.05, 0.1) is 30.3 Å². The van der Waals surface area contributed by atoms with E-state index in [9.17, 15) is 31.9 Å². The fraction of sp³-hybridized carbons (Fsp3) is 0.321. The number of halogens is 4. The smallest absolute Gasteiger partial charge is 0.416 e. The highest BCUT2D eigenvalue weighted by Crippen LogP contribution is 2.48. The van der Waals surface area contributed by atoms with Crippen molar-refractivity contribution in [2.45, 2.75) is 38.8 Å². The summed E-state index contributed by atoms with van der Waals surface area (Å²) in [5.74, 6) is -5.47. The maximum atomic E-state index is 13.9. The van der Waals surface area contributed by atoms with Crippen LogP contribution < -0.4 is 10.6 Å². The number of anilines is 1. The number of allylic oxidation sites excluding steroid dienone is 2. The van der Waals surface area contributed by atoms with Crippen molar-refractivity contribution in [3.8, 4) is 0 Å². The van der Waals surface area contributed by atoms with E-state index < -0.39 is 47.1 Å². The largest absolute Gasteiger partial charge is 0.465 e. The minimum Gasteiger partial charge on any atom is -0.465 e. The first-order valence-corrected chi connectivity index (χ1v) is 12.3. The zero-order valence-electron chi connectivity index (χ0n) is 21.2.